The Morgan fingerprint density at radius 2 is 1.94 bits per heavy atom. The molecule has 0 aliphatic heterocycles. The van der Waals surface area contributed by atoms with Crippen molar-refractivity contribution in [2.24, 2.45) is 0 Å². The standard InChI is InChI=1S/C10H11ClN4S/c1-7-12-5-9(16-7)6-15(2)10-13-3-8(11)4-14-10/h3-5H,6H2,1-2H3. The van der Waals surface area contributed by atoms with Gasteiger partial charge in [-0.15, -0.1) is 11.3 Å². The highest BCUT2D eigenvalue weighted by Crippen LogP contribution is 2.16. The molecule has 0 bridgehead atoms. The first-order chi connectivity index (χ1) is 7.65. The van der Waals surface area contributed by atoms with Crippen LogP contribution in [0.3, 0.4) is 0 Å². The normalized spacial score (nSPS) is 10.4. The Balaban J connectivity index is 2.08. The average molecular weight is 255 g/mol. The van der Waals surface area contributed by atoms with Gasteiger partial charge in [0.05, 0.1) is 29.0 Å². The Hall–Kier alpha value is -1.20. The highest BCUT2D eigenvalue weighted by molar-refractivity contribution is 7.11. The summed E-state index contributed by atoms with van der Waals surface area (Å²) in [5.74, 6) is 0.662. The van der Waals surface area contributed by atoms with Crippen molar-refractivity contribution in [1.82, 2.24) is 15.0 Å². The number of nitrogens with zero attached hydrogens (tertiary/aromatic N) is 4. The van der Waals surface area contributed by atoms with E-state index in [1.807, 2.05) is 25.1 Å². The Labute approximate surface area is 103 Å². The van der Waals surface area contributed by atoms with Gasteiger partial charge in [-0.1, -0.05) is 11.6 Å². The lowest BCUT2D eigenvalue weighted by Crippen LogP contribution is -2.18. The first-order valence-corrected chi connectivity index (χ1v) is 5.94. The molecule has 0 aliphatic rings. The lowest BCUT2D eigenvalue weighted by molar-refractivity contribution is 0.876. The number of thiazole rings is 1. The van der Waals surface area contributed by atoms with Crippen LogP contribution >= 0.6 is 22.9 Å². The van der Waals surface area contributed by atoms with Gasteiger partial charge in [0.25, 0.3) is 0 Å². The zero-order valence-corrected chi connectivity index (χ0v) is 10.6. The van der Waals surface area contributed by atoms with Crippen LogP contribution in [0.2, 0.25) is 5.02 Å². The van der Waals surface area contributed by atoms with Crippen molar-refractivity contribution in [3.8, 4) is 0 Å². The fourth-order valence-corrected chi connectivity index (χ4v) is 2.23. The minimum atomic E-state index is 0.547. The first-order valence-electron chi connectivity index (χ1n) is 4.75. The van der Waals surface area contributed by atoms with Gasteiger partial charge in [0.2, 0.25) is 5.95 Å². The van der Waals surface area contributed by atoms with E-state index in [0.717, 1.165) is 11.6 Å². The Kier molecular flexibility index (Phi) is 3.36. The average Bonchev–Trinajstić information content (AvgIpc) is 2.65. The third-order valence-electron chi connectivity index (χ3n) is 2.01. The van der Waals surface area contributed by atoms with E-state index >= 15 is 0 Å². The van der Waals surface area contributed by atoms with Crippen LogP contribution in [0.25, 0.3) is 0 Å². The topological polar surface area (TPSA) is 41.9 Å². The molecule has 2 rings (SSSR count). The molecule has 0 saturated carbocycles. The molecule has 2 aromatic heterocycles. The SMILES string of the molecule is Cc1ncc(CN(C)c2ncc(Cl)cn2)s1. The molecular formula is C10H11ClN4S. The zero-order chi connectivity index (χ0) is 11.5. The van der Waals surface area contributed by atoms with E-state index in [1.165, 1.54) is 4.88 Å². The molecule has 0 saturated heterocycles. The van der Waals surface area contributed by atoms with Crippen molar-refractivity contribution in [1.29, 1.82) is 0 Å². The Morgan fingerprint density at radius 3 is 2.50 bits per heavy atom. The van der Waals surface area contributed by atoms with E-state index in [2.05, 4.69) is 15.0 Å². The molecule has 0 unspecified atom stereocenters. The molecule has 0 aliphatic carbocycles. The minimum absolute atomic E-state index is 0.547. The van der Waals surface area contributed by atoms with Gasteiger partial charge in [-0.3, -0.25) is 0 Å². The van der Waals surface area contributed by atoms with Crippen molar-refractivity contribution >= 4 is 28.9 Å². The van der Waals surface area contributed by atoms with Crippen LogP contribution in [-0.2, 0) is 6.54 Å². The largest absolute Gasteiger partial charge is 0.339 e. The summed E-state index contributed by atoms with van der Waals surface area (Å²) in [6, 6.07) is 0. The van der Waals surface area contributed by atoms with Gasteiger partial charge in [-0.05, 0) is 6.92 Å². The number of aromatic nitrogens is 3. The first kappa shape index (κ1) is 11.3. The van der Waals surface area contributed by atoms with E-state index in [9.17, 15) is 0 Å². The van der Waals surface area contributed by atoms with Crippen LogP contribution in [0, 0.1) is 6.92 Å². The highest BCUT2D eigenvalue weighted by Gasteiger charge is 2.06. The molecule has 2 heterocycles. The quantitative estimate of drug-likeness (QED) is 0.844. The summed E-state index contributed by atoms with van der Waals surface area (Å²) in [5, 5.41) is 1.62. The van der Waals surface area contributed by atoms with Crippen LogP contribution in [-0.4, -0.2) is 22.0 Å². The van der Waals surface area contributed by atoms with E-state index in [0.29, 0.717) is 11.0 Å². The fourth-order valence-electron chi connectivity index (χ4n) is 1.29. The molecular weight excluding hydrogens is 244 g/mol. The Bertz CT molecular complexity index is 468. The minimum Gasteiger partial charge on any atom is -0.339 e. The third kappa shape index (κ3) is 2.68. The molecule has 0 radical (unpaired) electrons. The predicted molar refractivity (Wildman–Crippen MR) is 66.0 cm³/mol. The zero-order valence-electron chi connectivity index (χ0n) is 9.01. The lowest BCUT2D eigenvalue weighted by atomic mass is 10.5. The number of hydrogen-bond acceptors (Lipinski definition) is 5. The van der Waals surface area contributed by atoms with Crippen molar-refractivity contribution in [3.05, 3.63) is 33.5 Å². The number of hydrogen-bond donors (Lipinski definition) is 0. The highest BCUT2D eigenvalue weighted by atomic mass is 35.5. The number of halogens is 1. The molecule has 0 amide bonds. The summed E-state index contributed by atoms with van der Waals surface area (Å²) in [7, 11) is 1.94. The fraction of sp³-hybridized carbons (Fsp3) is 0.300. The number of aryl methyl sites for hydroxylation is 1. The van der Waals surface area contributed by atoms with Crippen LogP contribution in [0.15, 0.2) is 18.6 Å². The van der Waals surface area contributed by atoms with Crippen LogP contribution in [0.4, 0.5) is 5.95 Å². The number of anilines is 1. The summed E-state index contributed by atoms with van der Waals surface area (Å²) in [4.78, 5) is 15.7. The maximum atomic E-state index is 5.73. The molecule has 0 fully saturated rings. The van der Waals surface area contributed by atoms with E-state index in [-0.39, 0.29) is 0 Å². The van der Waals surface area contributed by atoms with Crippen molar-refractivity contribution in [2.75, 3.05) is 11.9 Å². The molecule has 0 atom stereocenters. The van der Waals surface area contributed by atoms with Crippen LogP contribution in [0.5, 0.6) is 0 Å². The van der Waals surface area contributed by atoms with Crippen molar-refractivity contribution in [3.63, 3.8) is 0 Å². The maximum Gasteiger partial charge on any atom is 0.225 e. The molecule has 0 spiro atoms. The van der Waals surface area contributed by atoms with E-state index in [1.54, 1.807) is 23.7 Å². The van der Waals surface area contributed by atoms with Gasteiger partial charge in [-0.25, -0.2) is 15.0 Å². The molecule has 0 N–H and O–H groups in total. The lowest BCUT2D eigenvalue weighted by Gasteiger charge is -2.14. The smallest absolute Gasteiger partial charge is 0.225 e. The van der Waals surface area contributed by atoms with Gasteiger partial charge in [0, 0.05) is 18.1 Å². The van der Waals surface area contributed by atoms with Gasteiger partial charge in [0.15, 0.2) is 0 Å². The molecule has 84 valence electrons. The molecule has 4 nitrogen and oxygen atoms in total. The second-order valence-corrected chi connectivity index (χ2v) is 5.16. The predicted octanol–water partition coefficient (Wildman–Crippen LogP) is 2.53. The summed E-state index contributed by atoms with van der Waals surface area (Å²) in [6.07, 6.45) is 5.07. The summed E-state index contributed by atoms with van der Waals surface area (Å²) >= 11 is 7.41. The third-order valence-corrected chi connectivity index (χ3v) is 3.10. The molecule has 16 heavy (non-hydrogen) atoms. The molecule has 6 heteroatoms. The van der Waals surface area contributed by atoms with Gasteiger partial charge < -0.3 is 4.90 Å². The monoisotopic (exact) mass is 254 g/mol. The second-order valence-electron chi connectivity index (χ2n) is 3.40. The number of rotatable bonds is 3. The van der Waals surface area contributed by atoms with Gasteiger partial charge >= 0.3 is 0 Å². The van der Waals surface area contributed by atoms with Crippen LogP contribution < -0.4 is 4.90 Å². The molecule has 2 aromatic rings. The van der Waals surface area contributed by atoms with E-state index in [4.69, 9.17) is 11.6 Å². The van der Waals surface area contributed by atoms with Gasteiger partial charge in [-0.2, -0.15) is 0 Å². The summed E-state index contributed by atoms with van der Waals surface area (Å²) in [5.41, 5.74) is 0. The van der Waals surface area contributed by atoms with Crippen LogP contribution in [0.1, 0.15) is 9.88 Å². The summed E-state index contributed by atoms with van der Waals surface area (Å²) in [6.45, 7) is 2.75. The van der Waals surface area contributed by atoms with E-state index < -0.39 is 0 Å². The second kappa shape index (κ2) is 4.76. The van der Waals surface area contributed by atoms with Crippen molar-refractivity contribution < 1.29 is 0 Å². The molecule has 0 aromatic carbocycles. The maximum absolute atomic E-state index is 5.73. The Morgan fingerprint density at radius 1 is 1.25 bits per heavy atom. The van der Waals surface area contributed by atoms with Gasteiger partial charge in [0.1, 0.15) is 0 Å². The summed E-state index contributed by atoms with van der Waals surface area (Å²) < 4.78 is 0. The van der Waals surface area contributed by atoms with Crippen molar-refractivity contribution in [2.45, 2.75) is 13.5 Å².